The number of anilines is 1. The van der Waals surface area contributed by atoms with E-state index >= 15 is 0 Å². The number of rotatable bonds is 5. The normalized spacial score (nSPS) is 10.1. The number of amides is 1. The third-order valence-corrected chi connectivity index (χ3v) is 3.55. The van der Waals surface area contributed by atoms with Crippen LogP contribution in [0.15, 0.2) is 23.1 Å². The third-order valence-electron chi connectivity index (χ3n) is 2.44. The molecule has 0 N–H and O–H groups in total. The summed E-state index contributed by atoms with van der Waals surface area (Å²) in [6, 6.07) is 5.67. The van der Waals surface area contributed by atoms with E-state index in [1.54, 1.807) is 11.8 Å². The van der Waals surface area contributed by atoms with E-state index < -0.39 is 0 Å². The van der Waals surface area contributed by atoms with Crippen LogP contribution in [0.25, 0.3) is 0 Å². The Morgan fingerprint density at radius 2 is 2.24 bits per heavy atom. The van der Waals surface area contributed by atoms with Gasteiger partial charge >= 0.3 is 0 Å². The Hall–Kier alpha value is -1.00. The predicted molar refractivity (Wildman–Crippen MR) is 72.1 cm³/mol. The van der Waals surface area contributed by atoms with Gasteiger partial charge in [0, 0.05) is 10.6 Å². The molecule has 0 saturated heterocycles. The molecule has 0 heterocycles. The van der Waals surface area contributed by atoms with Crippen LogP contribution in [-0.4, -0.2) is 30.9 Å². The number of aldehydes is 1. The van der Waals surface area contributed by atoms with Crippen molar-refractivity contribution in [2.45, 2.75) is 11.8 Å². The first-order valence-corrected chi connectivity index (χ1v) is 6.85. The van der Waals surface area contributed by atoms with Crippen molar-refractivity contribution in [2.75, 3.05) is 23.6 Å². The van der Waals surface area contributed by atoms with Crippen LogP contribution in [0, 0.1) is 6.92 Å². The van der Waals surface area contributed by atoms with Crippen LogP contribution in [0.3, 0.4) is 0 Å². The number of halogens is 1. The SMILES string of the molecule is CSc1cccc(N(CC=O)C(=O)CCl)c1C. The molecule has 1 aromatic rings. The molecule has 0 radical (unpaired) electrons. The van der Waals surface area contributed by atoms with Crippen LogP contribution in [0.5, 0.6) is 0 Å². The summed E-state index contributed by atoms with van der Waals surface area (Å²) in [5.74, 6) is -0.392. The molecule has 0 unspecified atom stereocenters. The maximum atomic E-state index is 11.7. The number of carbonyl (C=O) groups is 2. The van der Waals surface area contributed by atoms with Gasteiger partial charge in [-0.05, 0) is 30.9 Å². The molecular weight excluding hydrogens is 258 g/mol. The highest BCUT2D eigenvalue weighted by molar-refractivity contribution is 7.98. The van der Waals surface area contributed by atoms with Gasteiger partial charge in [-0.25, -0.2) is 0 Å². The fourth-order valence-electron chi connectivity index (χ4n) is 1.60. The molecule has 0 fully saturated rings. The summed E-state index contributed by atoms with van der Waals surface area (Å²) in [7, 11) is 0. The molecule has 0 spiro atoms. The number of alkyl halides is 1. The van der Waals surface area contributed by atoms with Crippen molar-refractivity contribution in [3.63, 3.8) is 0 Å². The zero-order valence-electron chi connectivity index (χ0n) is 9.77. The Kier molecular flexibility index (Phi) is 5.51. The lowest BCUT2D eigenvalue weighted by Crippen LogP contribution is -2.34. The molecule has 0 aliphatic heterocycles. The quantitative estimate of drug-likeness (QED) is 0.469. The highest BCUT2D eigenvalue weighted by Gasteiger charge is 2.17. The topological polar surface area (TPSA) is 37.4 Å². The van der Waals surface area contributed by atoms with Gasteiger partial charge in [-0.3, -0.25) is 4.79 Å². The molecule has 1 amide bonds. The molecule has 1 aromatic carbocycles. The molecule has 0 aromatic heterocycles. The average molecular weight is 272 g/mol. The molecule has 0 aliphatic carbocycles. The van der Waals surface area contributed by atoms with E-state index in [9.17, 15) is 9.59 Å². The van der Waals surface area contributed by atoms with E-state index in [0.717, 1.165) is 16.1 Å². The molecule has 1 rings (SSSR count). The van der Waals surface area contributed by atoms with Gasteiger partial charge in [0.1, 0.15) is 12.2 Å². The lowest BCUT2D eigenvalue weighted by Gasteiger charge is -2.22. The van der Waals surface area contributed by atoms with Gasteiger partial charge in [-0.15, -0.1) is 23.4 Å². The maximum Gasteiger partial charge on any atom is 0.242 e. The molecule has 5 heteroatoms. The van der Waals surface area contributed by atoms with Gasteiger partial charge in [0.15, 0.2) is 0 Å². The van der Waals surface area contributed by atoms with Crippen LogP contribution in [0.2, 0.25) is 0 Å². The van der Waals surface area contributed by atoms with Crippen molar-refractivity contribution in [1.29, 1.82) is 0 Å². The van der Waals surface area contributed by atoms with E-state index in [1.807, 2.05) is 31.4 Å². The summed E-state index contributed by atoms with van der Waals surface area (Å²) < 4.78 is 0. The molecule has 17 heavy (non-hydrogen) atoms. The van der Waals surface area contributed by atoms with E-state index in [0.29, 0.717) is 6.29 Å². The Morgan fingerprint density at radius 3 is 2.76 bits per heavy atom. The minimum atomic E-state index is -0.264. The van der Waals surface area contributed by atoms with Crippen LogP contribution in [0.4, 0.5) is 5.69 Å². The largest absolute Gasteiger partial charge is 0.304 e. The monoisotopic (exact) mass is 271 g/mol. The molecule has 92 valence electrons. The zero-order valence-corrected chi connectivity index (χ0v) is 11.3. The van der Waals surface area contributed by atoms with Crippen LogP contribution in [0.1, 0.15) is 5.56 Å². The second-order valence-corrected chi connectivity index (χ2v) is 4.52. The van der Waals surface area contributed by atoms with Crippen molar-refractivity contribution in [1.82, 2.24) is 0 Å². The fraction of sp³-hybridized carbons (Fsp3) is 0.333. The van der Waals surface area contributed by atoms with Crippen LogP contribution < -0.4 is 4.90 Å². The standard InChI is InChI=1S/C12H14ClNO2S/c1-9-10(4-3-5-11(9)17-2)14(6-7-15)12(16)8-13/h3-5,7H,6,8H2,1-2H3. The smallest absolute Gasteiger partial charge is 0.242 e. The van der Waals surface area contributed by atoms with Gasteiger partial charge in [-0.1, -0.05) is 6.07 Å². The van der Waals surface area contributed by atoms with Crippen molar-refractivity contribution in [3.8, 4) is 0 Å². The predicted octanol–water partition coefficient (Wildman–Crippen LogP) is 2.49. The number of thioether (sulfide) groups is 1. The number of nitrogens with zero attached hydrogens (tertiary/aromatic N) is 1. The Morgan fingerprint density at radius 1 is 1.53 bits per heavy atom. The summed E-state index contributed by atoms with van der Waals surface area (Å²) in [4.78, 5) is 24.8. The minimum Gasteiger partial charge on any atom is -0.304 e. The summed E-state index contributed by atoms with van der Waals surface area (Å²) >= 11 is 7.15. The van der Waals surface area contributed by atoms with Crippen molar-refractivity contribution in [3.05, 3.63) is 23.8 Å². The van der Waals surface area contributed by atoms with E-state index in [2.05, 4.69) is 0 Å². The van der Waals surface area contributed by atoms with Crippen LogP contribution >= 0.6 is 23.4 Å². The second-order valence-electron chi connectivity index (χ2n) is 3.41. The van der Waals surface area contributed by atoms with Gasteiger partial charge < -0.3 is 9.69 Å². The van der Waals surface area contributed by atoms with E-state index in [4.69, 9.17) is 11.6 Å². The van der Waals surface area contributed by atoms with Crippen molar-refractivity contribution in [2.24, 2.45) is 0 Å². The second kappa shape index (κ2) is 6.67. The molecule has 0 saturated carbocycles. The summed E-state index contributed by atoms with van der Waals surface area (Å²) in [5, 5.41) is 0. The van der Waals surface area contributed by atoms with Gasteiger partial charge in [0.05, 0.1) is 6.54 Å². The highest BCUT2D eigenvalue weighted by Crippen LogP contribution is 2.28. The number of benzene rings is 1. The highest BCUT2D eigenvalue weighted by atomic mass is 35.5. The first-order chi connectivity index (χ1) is 8.15. The average Bonchev–Trinajstić information content (AvgIpc) is 2.36. The molecule has 0 atom stereocenters. The Balaban J connectivity index is 3.18. The summed E-state index contributed by atoms with van der Waals surface area (Å²) in [6.45, 7) is 1.96. The number of hydrogen-bond acceptors (Lipinski definition) is 3. The molecule has 0 aliphatic rings. The molecule has 0 bridgehead atoms. The lowest BCUT2D eigenvalue weighted by atomic mass is 10.2. The number of carbonyl (C=O) groups excluding carboxylic acids is 2. The van der Waals surface area contributed by atoms with E-state index in [-0.39, 0.29) is 18.3 Å². The minimum absolute atomic E-state index is 0.0320. The fourth-order valence-corrected chi connectivity index (χ4v) is 2.37. The number of hydrogen-bond donors (Lipinski definition) is 0. The maximum absolute atomic E-state index is 11.7. The first-order valence-electron chi connectivity index (χ1n) is 5.09. The Bertz CT molecular complexity index is 423. The van der Waals surface area contributed by atoms with E-state index in [1.165, 1.54) is 4.90 Å². The molecule has 3 nitrogen and oxygen atoms in total. The van der Waals surface area contributed by atoms with Crippen molar-refractivity contribution < 1.29 is 9.59 Å². The lowest BCUT2D eigenvalue weighted by molar-refractivity contribution is -0.117. The zero-order chi connectivity index (χ0) is 12.8. The van der Waals surface area contributed by atoms with Gasteiger partial charge in [-0.2, -0.15) is 0 Å². The van der Waals surface area contributed by atoms with Crippen LogP contribution in [-0.2, 0) is 9.59 Å². The molecular formula is C12H14ClNO2S. The summed E-state index contributed by atoms with van der Waals surface area (Å²) in [6.07, 6.45) is 2.68. The third kappa shape index (κ3) is 3.23. The van der Waals surface area contributed by atoms with Gasteiger partial charge in [0.25, 0.3) is 0 Å². The Labute approximate surface area is 110 Å². The summed E-state index contributed by atoms with van der Waals surface area (Å²) in [5.41, 5.74) is 1.73. The van der Waals surface area contributed by atoms with Crippen molar-refractivity contribution >= 4 is 41.2 Å². The van der Waals surface area contributed by atoms with Gasteiger partial charge in [0.2, 0.25) is 5.91 Å². The first kappa shape index (κ1) is 14.1.